The van der Waals surface area contributed by atoms with Crippen LogP contribution in [0.2, 0.25) is 5.28 Å². The first kappa shape index (κ1) is 17.6. The molecule has 4 atom stereocenters. The van der Waals surface area contributed by atoms with Gasteiger partial charge in [0, 0.05) is 6.04 Å². The van der Waals surface area contributed by atoms with Crippen molar-refractivity contribution in [2.45, 2.75) is 36.9 Å². The molecule has 2 aromatic heterocycles. The molecule has 2 aromatic rings. The molecule has 5 N–H and O–H groups in total. The van der Waals surface area contributed by atoms with Crippen molar-refractivity contribution < 1.29 is 27.8 Å². The number of esters is 1. The van der Waals surface area contributed by atoms with Crippen LogP contribution in [-0.2, 0) is 9.53 Å². The fraction of sp³-hybridized carbons (Fsp3) is 0.500. The van der Waals surface area contributed by atoms with Crippen LogP contribution in [0.5, 0.6) is 0 Å². The van der Waals surface area contributed by atoms with Gasteiger partial charge in [-0.05, 0) is 18.0 Å². The molecule has 0 spiro atoms. The predicted molar refractivity (Wildman–Crippen MR) is 78.3 cm³/mol. The molecule has 13 heteroatoms. The smallest absolute Gasteiger partial charge is 0.451 e. The molecule has 4 unspecified atom stereocenters. The number of nitrogens with two attached hydrogens (primary N) is 2. The number of alkyl halides is 3. The highest BCUT2D eigenvalue weighted by atomic mass is 35.5. The molecule has 0 amide bonds. The van der Waals surface area contributed by atoms with Crippen molar-refractivity contribution in [2.75, 3.05) is 5.73 Å². The summed E-state index contributed by atoms with van der Waals surface area (Å²) in [4.78, 5) is 22.8. The molecule has 1 saturated carbocycles. The minimum atomic E-state index is -5.20. The molecular weight excluding hydrogens is 369 g/mol. The van der Waals surface area contributed by atoms with Crippen molar-refractivity contribution in [3.63, 3.8) is 0 Å². The Morgan fingerprint density at radius 1 is 1.44 bits per heavy atom. The summed E-state index contributed by atoms with van der Waals surface area (Å²) in [5.74, 6) is -2.45. The Morgan fingerprint density at radius 3 is 2.76 bits per heavy atom. The SMILES string of the molecule is Nc1nc(Cl)nc2c1ncn2C1CC(N)C(O)C1OC(=O)C(F)(F)F. The second-order valence-electron chi connectivity index (χ2n) is 5.53. The Kier molecular flexibility index (Phi) is 4.21. The fourth-order valence-corrected chi connectivity index (χ4v) is 2.96. The number of ether oxygens (including phenoxy) is 1. The van der Waals surface area contributed by atoms with Gasteiger partial charge >= 0.3 is 12.1 Å². The van der Waals surface area contributed by atoms with Crippen molar-refractivity contribution in [3.05, 3.63) is 11.6 Å². The Morgan fingerprint density at radius 2 is 2.12 bits per heavy atom. The van der Waals surface area contributed by atoms with E-state index in [2.05, 4.69) is 19.7 Å². The number of aliphatic hydroxyl groups excluding tert-OH is 1. The van der Waals surface area contributed by atoms with Crippen LogP contribution in [0.15, 0.2) is 6.33 Å². The molecule has 2 heterocycles. The van der Waals surface area contributed by atoms with Gasteiger partial charge in [0.25, 0.3) is 0 Å². The Labute approximate surface area is 142 Å². The lowest BCUT2D eigenvalue weighted by atomic mass is 10.2. The van der Waals surface area contributed by atoms with Crippen LogP contribution in [0, 0.1) is 0 Å². The summed E-state index contributed by atoms with van der Waals surface area (Å²) >= 11 is 5.75. The highest BCUT2D eigenvalue weighted by molar-refractivity contribution is 6.28. The van der Waals surface area contributed by atoms with Crippen molar-refractivity contribution >= 4 is 34.6 Å². The molecular formula is C12H12ClF3N6O3. The van der Waals surface area contributed by atoms with Crippen molar-refractivity contribution in [1.82, 2.24) is 19.5 Å². The van der Waals surface area contributed by atoms with Crippen LogP contribution >= 0.6 is 11.6 Å². The van der Waals surface area contributed by atoms with E-state index in [-0.39, 0.29) is 28.7 Å². The number of hydrogen-bond acceptors (Lipinski definition) is 8. The Hall–Kier alpha value is -2.18. The van der Waals surface area contributed by atoms with E-state index in [1.807, 2.05) is 0 Å². The molecule has 0 bridgehead atoms. The van der Waals surface area contributed by atoms with Gasteiger partial charge in [-0.15, -0.1) is 0 Å². The van der Waals surface area contributed by atoms with Crippen LogP contribution in [0.25, 0.3) is 11.2 Å². The molecule has 1 aliphatic rings. The highest BCUT2D eigenvalue weighted by Gasteiger charge is 2.50. The number of rotatable bonds is 2. The van der Waals surface area contributed by atoms with Gasteiger partial charge < -0.3 is 25.9 Å². The highest BCUT2D eigenvalue weighted by Crippen LogP contribution is 2.36. The molecule has 0 aromatic carbocycles. The van der Waals surface area contributed by atoms with E-state index in [1.165, 1.54) is 10.9 Å². The van der Waals surface area contributed by atoms with E-state index >= 15 is 0 Å². The maximum absolute atomic E-state index is 12.5. The van der Waals surface area contributed by atoms with Gasteiger partial charge in [0.2, 0.25) is 5.28 Å². The van der Waals surface area contributed by atoms with Gasteiger partial charge in [-0.25, -0.2) is 9.78 Å². The Balaban J connectivity index is 2.01. The third kappa shape index (κ3) is 3.07. The number of halogens is 4. The molecule has 0 radical (unpaired) electrons. The number of anilines is 1. The van der Waals surface area contributed by atoms with Crippen molar-refractivity contribution in [2.24, 2.45) is 5.73 Å². The number of nitrogen functional groups attached to an aromatic ring is 1. The summed E-state index contributed by atoms with van der Waals surface area (Å²) in [6.07, 6.45) is -7.00. The first-order valence-electron chi connectivity index (χ1n) is 6.96. The first-order valence-corrected chi connectivity index (χ1v) is 7.34. The van der Waals surface area contributed by atoms with E-state index in [9.17, 15) is 23.1 Å². The monoisotopic (exact) mass is 380 g/mol. The molecule has 3 rings (SSSR count). The van der Waals surface area contributed by atoms with Crippen LogP contribution in [0.4, 0.5) is 19.0 Å². The maximum Gasteiger partial charge on any atom is 0.490 e. The van der Waals surface area contributed by atoms with E-state index in [0.29, 0.717) is 0 Å². The number of fused-ring (bicyclic) bond motifs is 1. The normalized spacial score (nSPS) is 27.0. The van der Waals surface area contributed by atoms with Crippen molar-refractivity contribution in [1.29, 1.82) is 0 Å². The lowest BCUT2D eigenvalue weighted by Crippen LogP contribution is -2.41. The van der Waals surface area contributed by atoms with Gasteiger partial charge in [0.05, 0.1) is 12.4 Å². The summed E-state index contributed by atoms with van der Waals surface area (Å²) in [5, 5.41) is 9.84. The fourth-order valence-electron chi connectivity index (χ4n) is 2.79. The van der Waals surface area contributed by atoms with E-state index in [0.717, 1.165) is 0 Å². The number of carbonyl (C=O) groups is 1. The van der Waals surface area contributed by atoms with Gasteiger partial charge in [0.15, 0.2) is 17.6 Å². The zero-order chi connectivity index (χ0) is 18.5. The summed E-state index contributed by atoms with van der Waals surface area (Å²) in [6, 6.07) is -1.85. The minimum Gasteiger partial charge on any atom is -0.451 e. The average Bonchev–Trinajstić information content (AvgIpc) is 3.02. The first-order chi connectivity index (χ1) is 11.6. The summed E-state index contributed by atoms with van der Waals surface area (Å²) < 4.78 is 43.2. The predicted octanol–water partition coefficient (Wildman–Crippen LogP) is 0.169. The molecule has 25 heavy (non-hydrogen) atoms. The largest absolute Gasteiger partial charge is 0.490 e. The van der Waals surface area contributed by atoms with Crippen LogP contribution in [-0.4, -0.2) is 55.0 Å². The molecule has 1 fully saturated rings. The van der Waals surface area contributed by atoms with Gasteiger partial charge in [-0.3, -0.25) is 0 Å². The standard InChI is InChI=1S/C12H12ClF3N6O3/c13-11-20-8(18)5-9(21-11)22(2-19-5)4-1-3(17)6(23)7(4)25-10(24)12(14,15)16/h2-4,6-7,23H,1,17H2,(H2,18,20,21). The van der Waals surface area contributed by atoms with Gasteiger partial charge in [-0.1, -0.05) is 0 Å². The number of hydrogen-bond donors (Lipinski definition) is 3. The molecule has 136 valence electrons. The maximum atomic E-state index is 12.5. The summed E-state index contributed by atoms with van der Waals surface area (Å²) in [5.41, 5.74) is 11.7. The van der Waals surface area contributed by atoms with Gasteiger partial charge in [0.1, 0.15) is 11.6 Å². The van der Waals surface area contributed by atoms with E-state index in [4.69, 9.17) is 23.1 Å². The Bertz CT molecular complexity index is 828. The summed E-state index contributed by atoms with van der Waals surface area (Å²) in [7, 11) is 0. The second-order valence-corrected chi connectivity index (χ2v) is 5.87. The average molecular weight is 381 g/mol. The zero-order valence-corrected chi connectivity index (χ0v) is 13.1. The molecule has 0 saturated heterocycles. The van der Waals surface area contributed by atoms with E-state index in [1.54, 1.807) is 0 Å². The molecule has 1 aliphatic carbocycles. The van der Waals surface area contributed by atoms with Crippen LogP contribution in [0.3, 0.4) is 0 Å². The lowest BCUT2D eigenvalue weighted by molar-refractivity contribution is -0.209. The number of nitrogens with zero attached hydrogens (tertiary/aromatic N) is 4. The van der Waals surface area contributed by atoms with Gasteiger partial charge in [-0.2, -0.15) is 23.1 Å². The topological polar surface area (TPSA) is 142 Å². The van der Waals surface area contributed by atoms with Crippen LogP contribution < -0.4 is 11.5 Å². The number of aromatic nitrogens is 4. The third-order valence-corrected chi connectivity index (χ3v) is 4.09. The molecule has 9 nitrogen and oxygen atoms in total. The van der Waals surface area contributed by atoms with E-state index < -0.39 is 36.4 Å². The zero-order valence-electron chi connectivity index (χ0n) is 12.3. The third-order valence-electron chi connectivity index (χ3n) is 3.92. The molecule has 0 aliphatic heterocycles. The second kappa shape index (κ2) is 5.97. The number of carbonyl (C=O) groups excluding carboxylic acids is 1. The lowest BCUT2D eigenvalue weighted by Gasteiger charge is -2.24. The van der Waals surface area contributed by atoms with Crippen LogP contribution in [0.1, 0.15) is 12.5 Å². The number of imidazole rings is 1. The quantitative estimate of drug-likeness (QED) is 0.494. The van der Waals surface area contributed by atoms with Crippen molar-refractivity contribution in [3.8, 4) is 0 Å². The summed E-state index contributed by atoms with van der Waals surface area (Å²) in [6.45, 7) is 0. The number of aliphatic hydroxyl groups is 1. The minimum absolute atomic E-state index is 0.0178.